The molecule has 1 aliphatic rings. The number of aromatic nitrogens is 5. The molecule has 0 unspecified atom stereocenters. The van der Waals surface area contributed by atoms with Crippen molar-refractivity contribution in [2.24, 2.45) is 5.41 Å². The number of carbonyl (C=O) groups excluding carboxylic acids is 1. The van der Waals surface area contributed by atoms with E-state index in [0.29, 0.717) is 30.4 Å². The second kappa shape index (κ2) is 17.2. The van der Waals surface area contributed by atoms with E-state index in [1.807, 2.05) is 25.3 Å². The van der Waals surface area contributed by atoms with Crippen LogP contribution in [-0.2, 0) is 4.79 Å². The summed E-state index contributed by atoms with van der Waals surface area (Å²) in [4.78, 5) is 29.9. The van der Waals surface area contributed by atoms with Crippen LogP contribution < -0.4 is 11.1 Å². The first-order valence-corrected chi connectivity index (χ1v) is 13.3. The molecule has 0 aliphatic heterocycles. The summed E-state index contributed by atoms with van der Waals surface area (Å²) in [6.07, 6.45) is -12.6. The smallest absolute Gasteiger partial charge is 0.374 e. The quantitative estimate of drug-likeness (QED) is 0.221. The minimum atomic E-state index is -5.69. The Morgan fingerprint density at radius 3 is 1.67 bits per heavy atom. The van der Waals surface area contributed by atoms with Gasteiger partial charge in [-0.25, -0.2) is 4.79 Å². The lowest BCUT2D eigenvalue weighted by molar-refractivity contribution is -0.360. The molecule has 1 saturated carbocycles. The SMILES string of the molecule is CC(=O)NC1CCC(C)(C(F)(F)F)CC1.CC(O)(C(F)(F)F)C(F)(F)F.Cc1ccc[nH]1.Cc1noc(=O)[nH]1.Cc1noc(C)n1. The number of hydrogen-bond acceptors (Lipinski definition) is 8. The Morgan fingerprint density at radius 1 is 0.978 bits per heavy atom. The number of nitrogens with one attached hydrogen (secondary N) is 3. The Hall–Kier alpha value is -3.84. The molecule has 0 bridgehead atoms. The molecule has 3 heterocycles. The molecule has 3 aromatic heterocycles. The maximum Gasteiger partial charge on any atom is 0.438 e. The fraction of sp³-hybridized carbons (Fsp3) is 0.654. The first kappa shape index (κ1) is 42.2. The lowest BCUT2D eigenvalue weighted by Gasteiger charge is -2.38. The van der Waals surface area contributed by atoms with Gasteiger partial charge in [-0.3, -0.25) is 14.3 Å². The molecule has 4 N–H and O–H groups in total. The number of halogens is 9. The molecule has 0 radical (unpaired) electrons. The molecule has 4 rings (SSSR count). The third-order valence-electron chi connectivity index (χ3n) is 6.22. The van der Waals surface area contributed by atoms with E-state index < -0.39 is 35.3 Å². The van der Waals surface area contributed by atoms with Gasteiger partial charge in [-0.2, -0.15) is 44.5 Å². The van der Waals surface area contributed by atoms with Crippen LogP contribution in [0.5, 0.6) is 0 Å². The van der Waals surface area contributed by atoms with Crippen LogP contribution in [0.1, 0.15) is 69.7 Å². The highest BCUT2D eigenvalue weighted by Crippen LogP contribution is 2.48. The van der Waals surface area contributed by atoms with Gasteiger partial charge < -0.3 is 19.9 Å². The summed E-state index contributed by atoms with van der Waals surface area (Å²) < 4.78 is 115. The zero-order chi connectivity index (χ0) is 36.1. The number of hydrogen-bond donors (Lipinski definition) is 4. The molecule has 3 aromatic rings. The molecule has 0 saturated heterocycles. The van der Waals surface area contributed by atoms with Crippen LogP contribution >= 0.6 is 0 Å². The number of carbonyl (C=O) groups is 1. The minimum absolute atomic E-state index is 0.0853. The van der Waals surface area contributed by atoms with Crippen molar-refractivity contribution in [1.82, 2.24) is 30.6 Å². The van der Waals surface area contributed by atoms with Gasteiger partial charge >= 0.3 is 24.3 Å². The van der Waals surface area contributed by atoms with Gasteiger partial charge in [0.2, 0.25) is 11.8 Å². The van der Waals surface area contributed by atoms with Gasteiger partial charge in [0.05, 0.1) is 5.41 Å². The van der Waals surface area contributed by atoms with Crippen molar-refractivity contribution in [3.8, 4) is 0 Å². The number of aryl methyl sites for hydroxylation is 4. The van der Waals surface area contributed by atoms with Gasteiger partial charge in [0.25, 0.3) is 5.60 Å². The highest BCUT2D eigenvalue weighted by molar-refractivity contribution is 5.73. The number of nitrogens with zero attached hydrogens (tertiary/aromatic N) is 3. The summed E-state index contributed by atoms with van der Waals surface area (Å²) in [6.45, 7) is 9.53. The van der Waals surface area contributed by atoms with Crippen LogP contribution in [0.4, 0.5) is 39.5 Å². The van der Waals surface area contributed by atoms with E-state index >= 15 is 0 Å². The summed E-state index contributed by atoms with van der Waals surface area (Å²) in [7, 11) is 0. The van der Waals surface area contributed by atoms with Gasteiger partial charge in [-0.15, -0.1) is 0 Å². The number of H-pyrrole nitrogens is 2. The zero-order valence-corrected chi connectivity index (χ0v) is 26.0. The van der Waals surface area contributed by atoms with Gasteiger partial charge in [0, 0.05) is 31.8 Å². The molecule has 0 spiro atoms. The largest absolute Gasteiger partial charge is 0.438 e. The Balaban J connectivity index is 0.000000575. The van der Waals surface area contributed by atoms with E-state index in [2.05, 4.69) is 39.6 Å². The first-order valence-electron chi connectivity index (χ1n) is 13.3. The third kappa shape index (κ3) is 15.0. The molecule has 1 aliphatic carbocycles. The monoisotopic (exact) mass is 684 g/mol. The minimum Gasteiger partial charge on any atom is -0.374 e. The lowest BCUT2D eigenvalue weighted by atomic mass is 9.73. The van der Waals surface area contributed by atoms with Crippen molar-refractivity contribution in [3.05, 3.63) is 52.1 Å². The van der Waals surface area contributed by atoms with Gasteiger partial charge in [-0.05, 0) is 65.5 Å². The van der Waals surface area contributed by atoms with Crippen LogP contribution in [0.3, 0.4) is 0 Å². The third-order valence-corrected chi connectivity index (χ3v) is 6.22. The van der Waals surface area contributed by atoms with Crippen molar-refractivity contribution in [2.45, 2.75) is 104 Å². The van der Waals surface area contributed by atoms with E-state index in [1.165, 1.54) is 19.5 Å². The normalized spacial score (nSPS) is 18.2. The predicted molar refractivity (Wildman–Crippen MR) is 144 cm³/mol. The van der Waals surface area contributed by atoms with Gasteiger partial charge in [-0.1, -0.05) is 17.2 Å². The summed E-state index contributed by atoms with van der Waals surface area (Å²) in [6, 6.07) is 3.92. The molecule has 0 atom stereocenters. The molecule has 20 heteroatoms. The van der Waals surface area contributed by atoms with Crippen molar-refractivity contribution in [3.63, 3.8) is 0 Å². The number of alkyl halides is 9. The highest BCUT2D eigenvalue weighted by Gasteiger charge is 2.67. The maximum absolute atomic E-state index is 12.6. The molecular formula is C26H37F9N6O5. The second-order valence-electron chi connectivity index (χ2n) is 10.5. The fourth-order valence-corrected chi connectivity index (χ4v) is 3.26. The lowest BCUT2D eigenvalue weighted by Crippen LogP contribution is -2.54. The highest BCUT2D eigenvalue weighted by atomic mass is 19.4. The summed E-state index contributed by atoms with van der Waals surface area (Å²) in [5.41, 5.74) is -4.97. The first-order chi connectivity index (χ1) is 20.7. The van der Waals surface area contributed by atoms with Crippen LogP contribution in [0.25, 0.3) is 0 Å². The van der Waals surface area contributed by atoms with Crippen molar-refractivity contribution in [1.29, 1.82) is 0 Å². The van der Waals surface area contributed by atoms with E-state index in [4.69, 9.17) is 5.11 Å². The maximum atomic E-state index is 12.6. The topological polar surface area (TPSA) is 163 Å². The molecule has 1 fully saturated rings. The Kier molecular flexibility index (Phi) is 15.7. The van der Waals surface area contributed by atoms with E-state index in [-0.39, 0.29) is 31.7 Å². The number of rotatable bonds is 1. The summed E-state index contributed by atoms with van der Waals surface area (Å²) >= 11 is 0. The molecule has 264 valence electrons. The number of amides is 1. The van der Waals surface area contributed by atoms with Gasteiger partial charge in [0.15, 0.2) is 5.82 Å². The van der Waals surface area contributed by atoms with Crippen molar-refractivity contribution in [2.75, 3.05) is 0 Å². The fourth-order valence-electron chi connectivity index (χ4n) is 3.26. The molecule has 0 aromatic carbocycles. The molecule has 11 nitrogen and oxygen atoms in total. The van der Waals surface area contributed by atoms with Crippen molar-refractivity contribution >= 4 is 5.91 Å². The van der Waals surface area contributed by atoms with Crippen LogP contribution in [0, 0.1) is 33.1 Å². The Bertz CT molecular complexity index is 1300. The molecular weight excluding hydrogens is 647 g/mol. The second-order valence-corrected chi connectivity index (χ2v) is 10.5. The Labute approximate surface area is 257 Å². The van der Waals surface area contributed by atoms with Crippen LogP contribution in [0.15, 0.2) is 32.2 Å². The van der Waals surface area contributed by atoms with E-state index in [1.54, 1.807) is 20.8 Å². The van der Waals surface area contributed by atoms with Gasteiger partial charge in [0.1, 0.15) is 5.82 Å². The summed E-state index contributed by atoms with van der Waals surface area (Å²) in [5.74, 6) is 1.15. The van der Waals surface area contributed by atoms with Crippen LogP contribution in [0.2, 0.25) is 0 Å². The van der Waals surface area contributed by atoms with Crippen molar-refractivity contribution < 1.29 is 58.5 Å². The predicted octanol–water partition coefficient (Wildman–Crippen LogP) is 6.18. The standard InChI is InChI=1S/C10H16F3NO.C5H7N.C4H4F6O.C4H6N2O.C3H4N2O2/c1-7(15)14-8-3-5-9(2,6-4-8)10(11,12)13;1-5-3-2-4-6-5;1-2(11,3(5,6)7)4(8,9)10;1-3-5-4(2)7-6-3;1-2-4-3(6)7-5-2/h8H,3-6H2,1-2H3,(H,14,15);2-4,6H,1H3;11H,1H3;1-2H3;1H3,(H,4,5,6). The Morgan fingerprint density at radius 2 is 1.50 bits per heavy atom. The van der Waals surface area contributed by atoms with Crippen LogP contribution in [-0.4, -0.2) is 66.5 Å². The van der Waals surface area contributed by atoms with E-state index in [9.17, 15) is 49.1 Å². The number of aliphatic hydroxyl groups is 1. The molecule has 1 amide bonds. The number of aromatic amines is 2. The average molecular weight is 685 g/mol. The average Bonchev–Trinajstić information content (AvgIpc) is 3.63. The molecule has 46 heavy (non-hydrogen) atoms. The zero-order valence-electron chi connectivity index (χ0n) is 26.0. The van der Waals surface area contributed by atoms with E-state index in [0.717, 1.165) is 0 Å². The summed E-state index contributed by atoms with van der Waals surface area (Å²) in [5, 5.41) is 17.4.